The number of aliphatic hydroxyl groups excluding tert-OH is 4. The Balaban J connectivity index is 1.66. The van der Waals surface area contributed by atoms with E-state index in [2.05, 4.69) is 20.8 Å². The third-order valence-corrected chi connectivity index (χ3v) is 9.94. The van der Waals surface area contributed by atoms with Crippen molar-refractivity contribution in [2.24, 2.45) is 0 Å². The van der Waals surface area contributed by atoms with Crippen LogP contribution in [0.4, 0.5) is 0 Å². The van der Waals surface area contributed by atoms with E-state index in [1.54, 1.807) is 13.8 Å². The molecule has 4 fully saturated rings. The van der Waals surface area contributed by atoms with Gasteiger partial charge in [0.2, 0.25) is 0 Å². The van der Waals surface area contributed by atoms with Crippen LogP contribution in [0, 0.1) is 0 Å². The first-order valence-electron chi connectivity index (χ1n) is 19.7. The maximum absolute atomic E-state index is 11.9. The zero-order valence-corrected chi connectivity index (χ0v) is 32.3. The Kier molecular flexibility index (Phi) is 18.4. The van der Waals surface area contributed by atoms with Gasteiger partial charge in [0.25, 0.3) is 0 Å². The van der Waals surface area contributed by atoms with Crippen molar-refractivity contribution in [3.63, 3.8) is 0 Å². The molecule has 4 saturated heterocycles. The normalized spacial score (nSPS) is 40.6. The number of hydrogen-bond acceptors (Lipinski definition) is 15. The van der Waals surface area contributed by atoms with Gasteiger partial charge in [0.15, 0.2) is 24.7 Å². The number of fused-ring (bicyclic) bond motifs is 1. The number of hydrogen-bond donors (Lipinski definition) is 4. The Morgan fingerprint density at radius 1 is 0.519 bits per heavy atom. The zero-order valence-electron chi connectivity index (χ0n) is 32.3. The molecule has 0 aromatic rings. The van der Waals surface area contributed by atoms with Crippen LogP contribution >= 0.6 is 0 Å². The first kappa shape index (κ1) is 44.1. The number of rotatable bonds is 22. The molecule has 0 aromatic heterocycles. The monoisotopic (exact) mass is 752 g/mol. The minimum atomic E-state index is -1.43. The van der Waals surface area contributed by atoms with Crippen molar-refractivity contribution in [2.75, 3.05) is 39.6 Å². The van der Waals surface area contributed by atoms with Gasteiger partial charge < -0.3 is 72.5 Å². The highest BCUT2D eigenvalue weighted by atomic mass is 16.8. The summed E-state index contributed by atoms with van der Waals surface area (Å²) < 4.78 is 69.0. The van der Waals surface area contributed by atoms with Crippen molar-refractivity contribution >= 4 is 0 Å². The van der Waals surface area contributed by atoms with Gasteiger partial charge in [-0.3, -0.25) is 0 Å². The summed E-state index contributed by atoms with van der Waals surface area (Å²) in [6.07, 6.45) is -7.78. The third-order valence-electron chi connectivity index (χ3n) is 9.94. The molecule has 4 aliphatic heterocycles. The lowest BCUT2D eigenvalue weighted by atomic mass is 9.95. The Morgan fingerprint density at radius 2 is 1.02 bits per heavy atom. The van der Waals surface area contributed by atoms with Crippen LogP contribution in [0.3, 0.4) is 0 Å². The van der Waals surface area contributed by atoms with E-state index < -0.39 is 111 Å². The van der Waals surface area contributed by atoms with Crippen LogP contribution < -0.4 is 0 Å². The molecule has 0 amide bonds. The van der Waals surface area contributed by atoms with Crippen molar-refractivity contribution in [1.82, 2.24) is 0 Å². The summed E-state index contributed by atoms with van der Waals surface area (Å²) in [5.41, 5.74) is 0. The second-order valence-electron chi connectivity index (χ2n) is 14.7. The first-order valence-corrected chi connectivity index (χ1v) is 19.7. The summed E-state index contributed by atoms with van der Waals surface area (Å²) in [7, 11) is 0. The van der Waals surface area contributed by atoms with E-state index in [0.29, 0.717) is 26.4 Å². The highest BCUT2D eigenvalue weighted by molar-refractivity contribution is 5.00. The lowest BCUT2D eigenvalue weighted by Gasteiger charge is -2.50. The van der Waals surface area contributed by atoms with Crippen LogP contribution in [0.5, 0.6) is 0 Å². The average Bonchev–Trinajstić information content (AvgIpc) is 3.46. The zero-order chi connectivity index (χ0) is 37.8. The number of ether oxygens (including phenoxy) is 11. The quantitative estimate of drug-likeness (QED) is 0.118. The molecule has 0 aliphatic carbocycles. The van der Waals surface area contributed by atoms with Gasteiger partial charge in [-0.25, -0.2) is 0 Å². The largest absolute Gasteiger partial charge is 0.394 e. The van der Waals surface area contributed by atoms with Crippen molar-refractivity contribution in [2.45, 2.75) is 198 Å². The van der Waals surface area contributed by atoms with Gasteiger partial charge >= 0.3 is 0 Å². The fourth-order valence-electron chi connectivity index (χ4n) is 7.04. The van der Waals surface area contributed by atoms with Gasteiger partial charge in [0.1, 0.15) is 67.1 Å². The fourth-order valence-corrected chi connectivity index (χ4v) is 7.04. The minimum absolute atomic E-state index is 0.303. The fraction of sp³-hybridized carbons (Fsp3) is 1.00. The molecule has 0 bridgehead atoms. The van der Waals surface area contributed by atoms with Crippen LogP contribution in [0.25, 0.3) is 0 Å². The van der Waals surface area contributed by atoms with E-state index in [9.17, 15) is 20.4 Å². The summed E-state index contributed by atoms with van der Waals surface area (Å²) in [5.74, 6) is -1.04. The molecule has 0 radical (unpaired) electrons. The predicted molar refractivity (Wildman–Crippen MR) is 186 cm³/mol. The Morgan fingerprint density at radius 3 is 1.60 bits per heavy atom. The van der Waals surface area contributed by atoms with E-state index in [1.165, 1.54) is 0 Å². The SMILES string of the molecule is CCCCOC1[C@H](OCCCC)C(C)O[C@@H](OC2[C@H](O[C@@H]3O[C@@H](CO)[C@@H]4OC(C)(C)OC4C3O)C(CO)O[C@@H](OCCCC)[C@H]2O)[C@H]1OCCCC. The van der Waals surface area contributed by atoms with Crippen LogP contribution in [0.15, 0.2) is 0 Å². The van der Waals surface area contributed by atoms with E-state index in [4.69, 9.17) is 52.1 Å². The summed E-state index contributed by atoms with van der Waals surface area (Å²) in [5, 5.41) is 44.2. The average molecular weight is 753 g/mol. The molecule has 6 unspecified atom stereocenters. The van der Waals surface area contributed by atoms with Crippen molar-refractivity contribution in [3.8, 4) is 0 Å². The number of aliphatic hydroxyl groups is 4. The van der Waals surface area contributed by atoms with Gasteiger partial charge in [-0.05, 0) is 46.5 Å². The first-order chi connectivity index (χ1) is 25.0. The van der Waals surface area contributed by atoms with E-state index >= 15 is 0 Å². The number of unbranched alkanes of at least 4 members (excludes halogenated alkanes) is 4. The second-order valence-corrected chi connectivity index (χ2v) is 14.7. The van der Waals surface area contributed by atoms with Gasteiger partial charge in [-0.2, -0.15) is 0 Å². The maximum Gasteiger partial charge on any atom is 0.187 e. The summed E-state index contributed by atoms with van der Waals surface area (Å²) in [6, 6.07) is 0. The molecule has 306 valence electrons. The smallest absolute Gasteiger partial charge is 0.187 e. The Bertz CT molecular complexity index is 991. The highest BCUT2D eigenvalue weighted by Crippen LogP contribution is 2.40. The van der Waals surface area contributed by atoms with Crippen LogP contribution in [0.2, 0.25) is 0 Å². The molecule has 4 rings (SSSR count). The molecule has 0 saturated carbocycles. The van der Waals surface area contributed by atoms with E-state index in [1.807, 2.05) is 13.8 Å². The topological polar surface area (TPSA) is 182 Å². The predicted octanol–water partition coefficient (Wildman–Crippen LogP) is 2.55. The summed E-state index contributed by atoms with van der Waals surface area (Å²) in [4.78, 5) is 0. The van der Waals surface area contributed by atoms with Gasteiger partial charge in [-0.15, -0.1) is 0 Å². The Hall–Kier alpha value is -0.600. The van der Waals surface area contributed by atoms with E-state index in [0.717, 1.165) is 51.4 Å². The molecule has 4 heterocycles. The molecule has 15 nitrogen and oxygen atoms in total. The minimum Gasteiger partial charge on any atom is -0.394 e. The molecule has 4 N–H and O–H groups in total. The van der Waals surface area contributed by atoms with Crippen molar-refractivity contribution in [3.05, 3.63) is 0 Å². The molecule has 15 heteroatoms. The summed E-state index contributed by atoms with van der Waals surface area (Å²) in [6.45, 7) is 14.4. The van der Waals surface area contributed by atoms with Gasteiger partial charge in [-0.1, -0.05) is 53.4 Å². The van der Waals surface area contributed by atoms with E-state index in [-0.39, 0.29) is 0 Å². The molecular formula is C37H68O15. The molecule has 15 atom stereocenters. The Labute approximate surface area is 309 Å². The second kappa shape index (κ2) is 21.6. The third kappa shape index (κ3) is 11.3. The lowest BCUT2D eigenvalue weighted by molar-refractivity contribution is -0.387. The molecule has 52 heavy (non-hydrogen) atoms. The molecule has 0 aromatic carbocycles. The van der Waals surface area contributed by atoms with Crippen LogP contribution in [0.1, 0.15) is 99.8 Å². The lowest BCUT2D eigenvalue weighted by Crippen LogP contribution is -2.67. The highest BCUT2D eigenvalue weighted by Gasteiger charge is 2.58. The van der Waals surface area contributed by atoms with Crippen LogP contribution in [-0.4, -0.2) is 158 Å². The summed E-state index contributed by atoms with van der Waals surface area (Å²) >= 11 is 0. The van der Waals surface area contributed by atoms with Gasteiger partial charge in [0, 0.05) is 26.4 Å². The van der Waals surface area contributed by atoms with Crippen molar-refractivity contribution in [1.29, 1.82) is 0 Å². The molecular weight excluding hydrogens is 684 g/mol. The molecule has 4 aliphatic rings. The van der Waals surface area contributed by atoms with Crippen LogP contribution in [-0.2, 0) is 52.1 Å². The van der Waals surface area contributed by atoms with Crippen molar-refractivity contribution < 1.29 is 72.5 Å². The maximum atomic E-state index is 11.9. The van der Waals surface area contributed by atoms with Gasteiger partial charge in [0.05, 0.1) is 19.3 Å². The molecule has 0 spiro atoms. The standard InChI is InChI=1S/C37H68O15/c1-8-12-16-42-27-22(5)46-36(33(44-18-14-10-3)32(27)43-17-13-9-2)50-30-25(40)34(45-19-15-11-4)47-23(20-38)28(30)49-35-26(41)31-29(24(21-39)48-35)51-37(6,7)52-31/h22-36,38-41H,8-21H2,1-7H3/t22?,23?,24-,25-,26?,27+,28+,29-,30?,31?,32?,33-,34+,35-,36-/m0/s1.